The minimum atomic E-state index is -1.22. The van der Waals surface area contributed by atoms with Crippen LogP contribution in [0.2, 0.25) is 10.0 Å². The highest BCUT2D eigenvalue weighted by Crippen LogP contribution is 2.37. The summed E-state index contributed by atoms with van der Waals surface area (Å²) in [4.78, 5) is 31.4. The number of aliphatic hydroxyl groups is 2. The van der Waals surface area contributed by atoms with Gasteiger partial charge in [-0.2, -0.15) is 15.6 Å². The zero-order valence-corrected chi connectivity index (χ0v) is 38.4. The minimum absolute atomic E-state index is 0.000244. The SMILES string of the molecule is Cc1c(COc2cc(OCc3cncc(C#N)c3)c(CNC(CO)C(=O)O)cc2Cl)cccc1-c1cccc2c1cnn2Cc1cc(OCc2cncc(C#N)c2)c(CNC(CO)C(=O)O)cc1Cl. The first-order chi connectivity index (χ1) is 33.4. The molecule has 2 atom stereocenters. The Kier molecular flexibility index (Phi) is 16.4. The molecule has 2 unspecified atom stereocenters. The lowest BCUT2D eigenvalue weighted by Gasteiger charge is -2.18. The summed E-state index contributed by atoms with van der Waals surface area (Å²) >= 11 is 13.7. The van der Waals surface area contributed by atoms with Gasteiger partial charge in [-0.05, 0) is 71.1 Å². The number of aromatic nitrogens is 4. The topological polar surface area (TPSA) is 258 Å². The first kappa shape index (κ1) is 49.3. The Balaban J connectivity index is 1.13. The Morgan fingerprint density at radius 1 is 0.667 bits per heavy atom. The van der Waals surface area contributed by atoms with Crippen LogP contribution in [-0.4, -0.2) is 77.4 Å². The maximum absolute atomic E-state index is 11.6. The van der Waals surface area contributed by atoms with Crippen molar-refractivity contribution in [3.63, 3.8) is 0 Å². The number of aliphatic hydroxyl groups excluding tert-OH is 2. The van der Waals surface area contributed by atoms with Crippen LogP contribution in [0.4, 0.5) is 0 Å². The van der Waals surface area contributed by atoms with Gasteiger partial charge in [0.25, 0.3) is 0 Å². The molecule has 0 aliphatic rings. The summed E-state index contributed by atoms with van der Waals surface area (Å²) in [5.41, 5.74) is 8.22. The molecule has 0 amide bonds. The molecule has 6 N–H and O–H groups in total. The number of carboxylic acids is 2. The molecule has 352 valence electrons. The molecule has 3 aromatic heterocycles. The summed E-state index contributed by atoms with van der Waals surface area (Å²) in [5.74, 6) is -1.38. The third kappa shape index (κ3) is 12.1. The average molecular weight is 972 g/mol. The first-order valence-electron chi connectivity index (χ1n) is 21.3. The number of aliphatic carboxylic acids is 2. The molecule has 0 bridgehead atoms. The van der Waals surface area contributed by atoms with Gasteiger partial charge in [0.05, 0.1) is 47.6 Å². The zero-order chi connectivity index (χ0) is 49.0. The highest BCUT2D eigenvalue weighted by Gasteiger charge is 2.21. The van der Waals surface area contributed by atoms with Crippen LogP contribution in [-0.2, 0) is 49.0 Å². The lowest BCUT2D eigenvalue weighted by Crippen LogP contribution is -2.39. The Hall–Kier alpha value is -7.61. The van der Waals surface area contributed by atoms with E-state index < -0.39 is 37.2 Å². The summed E-state index contributed by atoms with van der Waals surface area (Å²) in [7, 11) is 0. The Labute approximate surface area is 405 Å². The molecule has 0 aliphatic heterocycles. The van der Waals surface area contributed by atoms with Crippen LogP contribution in [0.5, 0.6) is 17.2 Å². The number of halogens is 2. The molecule has 4 aromatic carbocycles. The van der Waals surface area contributed by atoms with Crippen molar-refractivity contribution >= 4 is 46.0 Å². The number of carboxylic acid groups (broad SMARTS) is 2. The molecule has 0 radical (unpaired) electrons. The molecular formula is C50H44Cl2N8O9. The van der Waals surface area contributed by atoms with Crippen LogP contribution in [0.3, 0.4) is 0 Å². The van der Waals surface area contributed by atoms with E-state index in [0.717, 1.165) is 33.2 Å². The van der Waals surface area contributed by atoms with Crippen molar-refractivity contribution in [2.24, 2.45) is 0 Å². The molecule has 19 heteroatoms. The van der Waals surface area contributed by atoms with E-state index in [1.165, 1.54) is 12.4 Å². The minimum Gasteiger partial charge on any atom is -0.489 e. The number of benzene rings is 4. The molecule has 0 saturated carbocycles. The summed E-state index contributed by atoms with van der Waals surface area (Å²) in [6.45, 7) is 1.23. The fraction of sp³-hybridized carbons (Fsp3) is 0.220. The van der Waals surface area contributed by atoms with Gasteiger partial charge in [0.15, 0.2) is 0 Å². The van der Waals surface area contributed by atoms with Crippen molar-refractivity contribution in [2.45, 2.75) is 58.5 Å². The fourth-order valence-electron chi connectivity index (χ4n) is 7.41. The van der Waals surface area contributed by atoms with Gasteiger partial charge in [-0.3, -0.25) is 34.9 Å². The van der Waals surface area contributed by atoms with Crippen molar-refractivity contribution in [2.75, 3.05) is 13.2 Å². The summed E-state index contributed by atoms with van der Waals surface area (Å²) in [6.07, 6.45) is 7.83. The molecule has 0 saturated heterocycles. The van der Waals surface area contributed by atoms with E-state index in [9.17, 15) is 40.5 Å². The fourth-order valence-corrected chi connectivity index (χ4v) is 7.89. The van der Waals surface area contributed by atoms with E-state index in [0.29, 0.717) is 61.2 Å². The van der Waals surface area contributed by atoms with Crippen LogP contribution in [0.1, 0.15) is 50.1 Å². The largest absolute Gasteiger partial charge is 0.489 e. The third-order valence-electron chi connectivity index (χ3n) is 11.1. The van der Waals surface area contributed by atoms with Crippen LogP contribution in [0.25, 0.3) is 22.0 Å². The van der Waals surface area contributed by atoms with Crippen molar-refractivity contribution in [1.29, 1.82) is 10.5 Å². The van der Waals surface area contributed by atoms with Crippen LogP contribution in [0.15, 0.2) is 104 Å². The summed E-state index contributed by atoms with van der Waals surface area (Å²) in [6, 6.07) is 23.5. The first-order valence-corrected chi connectivity index (χ1v) is 22.0. The lowest BCUT2D eigenvalue weighted by molar-refractivity contribution is -0.141. The standard InChI is InChI=1S/C50H44Cl2N8O9/c1-29-34(28-69-48-13-47(68-27-33-9-31(15-54)17-56-19-33)36(11-42(48)52)21-58-44(25-62)50(65)66)4-2-5-38(29)39-6-3-7-45-40(39)22-59-60(45)23-37-12-46(67-26-32-8-30(14-53)16-55-18-32)35(10-41(37)51)20-57-43(24-61)49(63)64/h2-13,16-19,22,43-44,57-58,61-62H,20-21,23-28H2,1H3,(H,63,64)(H,65,66). The van der Waals surface area contributed by atoms with Gasteiger partial charge in [0.1, 0.15) is 61.3 Å². The van der Waals surface area contributed by atoms with Crippen molar-refractivity contribution in [1.82, 2.24) is 30.4 Å². The number of nitrogens with zero attached hydrogens (tertiary/aromatic N) is 6. The third-order valence-corrected chi connectivity index (χ3v) is 11.8. The number of hydrogen-bond donors (Lipinski definition) is 6. The van der Waals surface area contributed by atoms with Gasteiger partial charge in [0.2, 0.25) is 0 Å². The monoisotopic (exact) mass is 970 g/mol. The van der Waals surface area contributed by atoms with Gasteiger partial charge < -0.3 is 34.6 Å². The van der Waals surface area contributed by atoms with Gasteiger partial charge in [-0.1, -0.05) is 53.5 Å². The van der Waals surface area contributed by atoms with Crippen LogP contribution in [0, 0.1) is 29.6 Å². The van der Waals surface area contributed by atoms with Crippen LogP contribution < -0.4 is 24.8 Å². The van der Waals surface area contributed by atoms with Crippen molar-refractivity contribution in [3.8, 4) is 40.5 Å². The molecular weight excluding hydrogens is 928 g/mol. The number of ether oxygens (including phenoxy) is 3. The quantitative estimate of drug-likeness (QED) is 0.0413. The molecule has 0 spiro atoms. The van der Waals surface area contributed by atoms with E-state index in [4.69, 9.17) is 42.5 Å². The molecule has 3 heterocycles. The normalized spacial score (nSPS) is 11.9. The second-order valence-electron chi connectivity index (χ2n) is 15.7. The second-order valence-corrected chi connectivity index (χ2v) is 16.5. The van der Waals surface area contributed by atoms with E-state index in [1.54, 1.807) is 55.0 Å². The maximum Gasteiger partial charge on any atom is 0.323 e. The van der Waals surface area contributed by atoms with Gasteiger partial charge in [0, 0.05) is 76.6 Å². The number of nitrogens with one attached hydrogen (secondary N) is 2. The number of nitriles is 2. The molecule has 69 heavy (non-hydrogen) atoms. The number of hydrogen-bond acceptors (Lipinski definition) is 14. The van der Waals surface area contributed by atoms with Gasteiger partial charge in [-0.25, -0.2) is 0 Å². The molecule has 0 aliphatic carbocycles. The molecule has 7 aromatic rings. The lowest BCUT2D eigenvalue weighted by atomic mass is 9.94. The smallest absolute Gasteiger partial charge is 0.323 e. The maximum atomic E-state index is 11.6. The van der Waals surface area contributed by atoms with E-state index in [-0.39, 0.29) is 44.5 Å². The van der Waals surface area contributed by atoms with E-state index in [2.05, 4.69) is 32.7 Å². The molecule has 17 nitrogen and oxygen atoms in total. The van der Waals surface area contributed by atoms with Crippen molar-refractivity contribution in [3.05, 3.63) is 164 Å². The Bertz CT molecular complexity index is 3100. The summed E-state index contributed by atoms with van der Waals surface area (Å²) < 4.78 is 20.5. The predicted octanol–water partition coefficient (Wildman–Crippen LogP) is 6.71. The van der Waals surface area contributed by atoms with Gasteiger partial charge in [-0.15, -0.1) is 0 Å². The second kappa shape index (κ2) is 22.9. The van der Waals surface area contributed by atoms with E-state index in [1.807, 2.05) is 48.0 Å². The van der Waals surface area contributed by atoms with Crippen molar-refractivity contribution < 1.29 is 44.2 Å². The Morgan fingerprint density at radius 3 is 1.80 bits per heavy atom. The van der Waals surface area contributed by atoms with E-state index >= 15 is 0 Å². The highest BCUT2D eigenvalue weighted by molar-refractivity contribution is 6.32. The number of carbonyl (C=O) groups is 2. The summed E-state index contributed by atoms with van der Waals surface area (Å²) in [5, 5.41) is 68.7. The molecule has 0 fully saturated rings. The highest BCUT2D eigenvalue weighted by atomic mass is 35.5. The Morgan fingerprint density at radius 2 is 1.22 bits per heavy atom. The zero-order valence-electron chi connectivity index (χ0n) is 36.9. The predicted molar refractivity (Wildman–Crippen MR) is 254 cm³/mol. The van der Waals surface area contributed by atoms with Crippen LogP contribution >= 0.6 is 23.2 Å². The molecule has 7 rings (SSSR count). The number of fused-ring (bicyclic) bond motifs is 1. The number of rotatable bonds is 22. The van der Waals surface area contributed by atoms with Gasteiger partial charge >= 0.3 is 11.9 Å². The average Bonchev–Trinajstić information content (AvgIpc) is 3.77. The number of pyridine rings is 2.